The summed E-state index contributed by atoms with van der Waals surface area (Å²) < 4.78 is 0. The van der Waals surface area contributed by atoms with E-state index in [0.29, 0.717) is 0 Å². The molecule has 0 radical (unpaired) electrons. The maximum atomic E-state index is 4.57. The summed E-state index contributed by atoms with van der Waals surface area (Å²) in [6, 6.07) is 0. The summed E-state index contributed by atoms with van der Waals surface area (Å²) >= 11 is 15.0. The molecule has 12 heavy (non-hydrogen) atoms. The largest absolute Gasteiger partial charge is 0.693 e. The van der Waals surface area contributed by atoms with Crippen LogP contribution in [0.4, 0.5) is 0 Å². The molecule has 0 saturated carbocycles. The molecule has 5 nitrogen and oxygen atoms in total. The molecule has 0 aromatic heterocycles. The smallest absolute Gasteiger partial charge is 0.693 e. The van der Waals surface area contributed by atoms with Gasteiger partial charge in [0.25, 0.3) is 0 Å². The average Bonchev–Trinajstić information content (AvgIpc) is 1.36. The summed E-state index contributed by atoms with van der Waals surface area (Å²) in [6.07, 6.45) is 0. The van der Waals surface area contributed by atoms with Crippen LogP contribution in [0.1, 0.15) is 0 Å². The fourth-order valence-corrected chi connectivity index (χ4v) is 0. The monoisotopic (exact) mass is 728 g/mol. The molecule has 0 spiro atoms. The van der Waals surface area contributed by atoms with Crippen molar-refractivity contribution in [2.75, 3.05) is 0 Å². The Labute approximate surface area is 117 Å². The van der Waals surface area contributed by atoms with Gasteiger partial charge in [0.2, 0.25) is 0 Å². The number of hydrogen-bond acceptors (Lipinski definition) is 0. The van der Waals surface area contributed by atoms with Crippen molar-refractivity contribution in [1.29, 1.82) is 0 Å². The Bertz CT molecular complexity index is 38.9. The van der Waals surface area contributed by atoms with Crippen molar-refractivity contribution in [3.05, 3.63) is 30.8 Å². The van der Waals surface area contributed by atoms with Crippen molar-refractivity contribution in [3.63, 3.8) is 0 Å². The first-order valence-corrected chi connectivity index (χ1v) is 22.7. The summed E-state index contributed by atoms with van der Waals surface area (Å²) in [7, 11) is 2.87. The van der Waals surface area contributed by atoms with Crippen LogP contribution < -0.4 is 0 Å². The molecule has 0 unspecified atom stereocenters. The first-order chi connectivity index (χ1) is 3.00. The van der Waals surface area contributed by atoms with Crippen LogP contribution in [-0.4, -0.2) is 0 Å². The predicted octanol–water partition coefficient (Wildman–Crippen LogP) is 7.65. The minimum atomic E-state index is -1.69. The summed E-state index contributed by atoms with van der Waals surface area (Å²) in [5.41, 5.74) is 0. The van der Waals surface area contributed by atoms with Gasteiger partial charge in [-0.15, -0.1) is 0 Å². The van der Waals surface area contributed by atoms with Gasteiger partial charge in [-0.25, -0.2) is 0 Å². The van der Waals surface area contributed by atoms with Gasteiger partial charge >= 0.3 is 88.0 Å². The maximum absolute atomic E-state index is 4.57. The molecular weight excluding hydrogens is 721 g/mol. The summed E-state index contributed by atoms with van der Waals surface area (Å²) in [5, 5.41) is 0. The number of hydrogen-bond donors (Lipinski definition) is 0. The van der Waals surface area contributed by atoms with Crippen LogP contribution in [0.5, 0.6) is 0 Å². The van der Waals surface area contributed by atoms with E-state index in [4.69, 9.17) is 0 Å². The van der Waals surface area contributed by atoms with Gasteiger partial charge in [-0.05, 0) is 0 Å². The van der Waals surface area contributed by atoms with Crippen molar-refractivity contribution in [3.8, 4) is 0 Å². The number of halogens is 5. The van der Waals surface area contributed by atoms with Crippen LogP contribution in [-0.2, 0) is 25.1 Å². The van der Waals surface area contributed by atoms with Gasteiger partial charge in [-0.3, -0.25) is 0 Å². The second-order valence-electron chi connectivity index (χ2n) is 0.271. The van der Waals surface area contributed by atoms with Crippen molar-refractivity contribution < 1.29 is 25.1 Å². The van der Waals surface area contributed by atoms with Crippen LogP contribution in [0.15, 0.2) is 0 Å². The molecule has 0 aromatic carbocycles. The molecule has 0 aliphatic heterocycles. The topological polar surface area (TPSA) is 168 Å². The minimum Gasteiger partial charge on any atom is -0.693 e. The van der Waals surface area contributed by atoms with Crippen LogP contribution in [0.2, 0.25) is 0 Å². The van der Waals surface area contributed by atoms with E-state index in [2.05, 4.69) is 62.9 Å². The van der Waals surface area contributed by atoms with Crippen LogP contribution in [0, 0.1) is 0 Å². The van der Waals surface area contributed by atoms with Gasteiger partial charge < -0.3 is 30.8 Å². The first-order valence-electron chi connectivity index (χ1n) is 0.612. The van der Waals surface area contributed by atoms with Crippen LogP contribution in [0.3, 0.4) is 0 Å². The molecular formula is H10Br4ClN5PtRu-5. The van der Waals surface area contributed by atoms with E-state index in [9.17, 15) is 0 Å². The SMILES string of the molecule is [Br][Pt-2]([Br])([Br])[Br].[Cl][Ru+2].[NH2-].[NH2-].[NH2-].[NH2-].[NH2-]. The normalized spacial score (nSPS) is 6.75. The van der Waals surface area contributed by atoms with E-state index in [1.165, 1.54) is 0 Å². The first kappa shape index (κ1) is 45.4. The van der Waals surface area contributed by atoms with E-state index < -0.39 is 7.84 Å². The molecule has 0 aliphatic rings. The van der Waals surface area contributed by atoms with Crippen molar-refractivity contribution >= 4 is 62.9 Å². The molecule has 0 bridgehead atoms. The Morgan fingerprint density at radius 1 is 0.667 bits per heavy atom. The third-order valence-corrected chi connectivity index (χ3v) is 0. The zero-order chi connectivity index (χ0) is 6.50. The van der Waals surface area contributed by atoms with Crippen molar-refractivity contribution in [2.24, 2.45) is 0 Å². The fraction of sp³-hybridized carbons (Fsp3) is 0. The molecule has 0 aromatic rings. The van der Waals surface area contributed by atoms with Crippen LogP contribution >= 0.6 is 62.9 Å². The molecule has 0 amide bonds. The van der Waals surface area contributed by atoms with Gasteiger partial charge in [-0.1, -0.05) is 0 Å². The van der Waals surface area contributed by atoms with E-state index >= 15 is 0 Å². The Hall–Kier alpha value is 3.32. The Morgan fingerprint density at radius 3 is 0.667 bits per heavy atom. The Kier molecular flexibility index (Phi) is 111. The van der Waals surface area contributed by atoms with Gasteiger partial charge in [0.05, 0.1) is 0 Å². The van der Waals surface area contributed by atoms with E-state index in [-0.39, 0.29) is 30.8 Å². The van der Waals surface area contributed by atoms with E-state index in [1.807, 2.05) is 17.3 Å². The maximum Gasteiger partial charge on any atom is -0.693 e. The zero-order valence-corrected chi connectivity index (χ0v) is 16.6. The molecule has 93 valence electrons. The summed E-state index contributed by atoms with van der Waals surface area (Å²) in [4.78, 5) is 0. The van der Waals surface area contributed by atoms with Gasteiger partial charge in [0.15, 0.2) is 0 Å². The Balaban J connectivity index is -0.00000000671. The second kappa shape index (κ2) is 29.2. The fourth-order valence-electron chi connectivity index (χ4n) is 0. The standard InChI is InChI=1S/4BrH.ClH.5H2N.Pt.Ru/h5*1H;5*1H2;;/q;;;;;5*-1;+2;+3/p-5. The molecule has 0 aliphatic carbocycles. The second-order valence-corrected chi connectivity index (χ2v) is 59.9. The van der Waals surface area contributed by atoms with E-state index in [0.717, 1.165) is 0 Å². The predicted molar refractivity (Wildman–Crippen MR) is 68.0 cm³/mol. The summed E-state index contributed by atoms with van der Waals surface area (Å²) in [6.45, 7) is 0. The van der Waals surface area contributed by atoms with Gasteiger partial charge in [-0.2, -0.15) is 0 Å². The average molecular weight is 731 g/mol. The van der Waals surface area contributed by atoms with Crippen molar-refractivity contribution in [1.82, 2.24) is 0 Å². The molecule has 10 N–H and O–H groups in total. The summed E-state index contributed by atoms with van der Waals surface area (Å²) in [5.74, 6) is 0. The third-order valence-electron chi connectivity index (χ3n) is 0. The van der Waals surface area contributed by atoms with Crippen molar-refractivity contribution in [2.45, 2.75) is 0 Å². The zero-order valence-electron chi connectivity index (χ0n) is 5.45. The molecule has 0 heterocycles. The number of rotatable bonds is 0. The molecule has 12 heteroatoms. The number of nitrogens with two attached hydrogens (primary N) is 5. The van der Waals surface area contributed by atoms with E-state index in [1.54, 1.807) is 0 Å². The van der Waals surface area contributed by atoms with Gasteiger partial charge in [0.1, 0.15) is 0 Å². The Morgan fingerprint density at radius 2 is 0.667 bits per heavy atom. The minimum absolute atomic E-state index is 0. The van der Waals surface area contributed by atoms with Crippen LogP contribution in [0.25, 0.3) is 30.8 Å². The molecule has 0 fully saturated rings. The van der Waals surface area contributed by atoms with Gasteiger partial charge in [0, 0.05) is 0 Å². The molecule has 0 atom stereocenters. The third kappa shape index (κ3) is 183. The quantitative estimate of drug-likeness (QED) is 0.224. The molecule has 0 rings (SSSR count). The molecule has 0 saturated heterocycles.